The number of hydrogen-bond donors (Lipinski definition) is 0. The molecule has 1 aliphatic carbocycles. The van der Waals surface area contributed by atoms with Crippen LogP contribution in [0.15, 0.2) is 0 Å². The Balaban J connectivity index is 2.48. The summed E-state index contributed by atoms with van der Waals surface area (Å²) in [7, 11) is 0. The molecule has 0 heterocycles. The maximum Gasteiger partial charge on any atom is 0.159 e. The first-order valence-corrected chi connectivity index (χ1v) is 4.54. The predicted molar refractivity (Wildman–Crippen MR) is 45.6 cm³/mol. The van der Waals surface area contributed by atoms with Crippen LogP contribution in [0.4, 0.5) is 0 Å². The molecule has 0 amide bonds. The van der Waals surface area contributed by atoms with Crippen molar-refractivity contribution < 1.29 is 14.4 Å². The Bertz CT molecular complexity index is 234. The molecule has 1 fully saturated rings. The van der Waals surface area contributed by atoms with Crippen molar-refractivity contribution >= 4 is 28.4 Å². The topological polar surface area (TPSA) is 51.2 Å². The SMILES string of the molecule is [CH2-]CC(=O)SC1CC(=O)CC1=O. The van der Waals surface area contributed by atoms with Gasteiger partial charge in [-0.25, -0.2) is 0 Å². The van der Waals surface area contributed by atoms with Crippen molar-refractivity contribution in [3.05, 3.63) is 6.92 Å². The Morgan fingerprint density at radius 2 is 2.25 bits per heavy atom. The van der Waals surface area contributed by atoms with Gasteiger partial charge in [-0.3, -0.25) is 14.4 Å². The molecule has 1 atom stereocenters. The van der Waals surface area contributed by atoms with E-state index in [0.29, 0.717) is 0 Å². The van der Waals surface area contributed by atoms with Crippen molar-refractivity contribution in [3.8, 4) is 0 Å². The average Bonchev–Trinajstić information content (AvgIpc) is 2.30. The summed E-state index contributed by atoms with van der Waals surface area (Å²) in [6, 6.07) is 0. The maximum absolute atomic E-state index is 11.0. The molecule has 1 saturated carbocycles. The van der Waals surface area contributed by atoms with Gasteiger partial charge in [-0.05, 0) is 0 Å². The van der Waals surface area contributed by atoms with Gasteiger partial charge in [-0.1, -0.05) is 11.8 Å². The van der Waals surface area contributed by atoms with Crippen LogP contribution >= 0.6 is 11.8 Å². The second-order valence-corrected chi connectivity index (χ2v) is 3.87. The minimum Gasteiger partial charge on any atom is -0.335 e. The normalized spacial score (nSPS) is 23.2. The smallest absolute Gasteiger partial charge is 0.159 e. The molecule has 3 nitrogen and oxygen atoms in total. The first kappa shape index (κ1) is 9.45. The van der Waals surface area contributed by atoms with Gasteiger partial charge in [0.05, 0.1) is 11.7 Å². The number of thioether (sulfide) groups is 1. The zero-order valence-electron chi connectivity index (χ0n) is 6.54. The summed E-state index contributed by atoms with van der Waals surface area (Å²) < 4.78 is 0. The fourth-order valence-corrected chi connectivity index (χ4v) is 1.95. The molecule has 1 aliphatic rings. The summed E-state index contributed by atoms with van der Waals surface area (Å²) in [5.74, 6) is -0.179. The third-order valence-corrected chi connectivity index (χ3v) is 2.80. The fraction of sp³-hybridized carbons (Fsp3) is 0.500. The van der Waals surface area contributed by atoms with Crippen molar-refractivity contribution in [3.63, 3.8) is 0 Å². The van der Waals surface area contributed by atoms with Crippen molar-refractivity contribution in [1.82, 2.24) is 0 Å². The van der Waals surface area contributed by atoms with Crippen molar-refractivity contribution in [2.24, 2.45) is 0 Å². The summed E-state index contributed by atoms with van der Waals surface area (Å²) >= 11 is 0.947. The molecule has 4 heteroatoms. The summed E-state index contributed by atoms with van der Waals surface area (Å²) in [5.41, 5.74) is 0. The van der Waals surface area contributed by atoms with E-state index < -0.39 is 5.25 Å². The molecule has 12 heavy (non-hydrogen) atoms. The Morgan fingerprint density at radius 3 is 2.67 bits per heavy atom. The highest BCUT2D eigenvalue weighted by atomic mass is 32.2. The van der Waals surface area contributed by atoms with E-state index in [4.69, 9.17) is 0 Å². The van der Waals surface area contributed by atoms with E-state index in [1.54, 1.807) is 0 Å². The summed E-state index contributed by atoms with van der Waals surface area (Å²) in [6.45, 7) is 3.41. The van der Waals surface area contributed by atoms with Crippen LogP contribution in [0, 0.1) is 6.92 Å². The molecule has 0 N–H and O–H groups in total. The van der Waals surface area contributed by atoms with Crippen LogP contribution in [-0.2, 0) is 14.4 Å². The van der Waals surface area contributed by atoms with Crippen LogP contribution in [0.25, 0.3) is 0 Å². The van der Waals surface area contributed by atoms with Gasteiger partial charge in [0, 0.05) is 6.42 Å². The summed E-state index contributed by atoms with van der Waals surface area (Å²) in [5, 5.41) is -0.546. The van der Waals surface area contributed by atoms with Crippen LogP contribution in [0.3, 0.4) is 0 Å². The van der Waals surface area contributed by atoms with E-state index in [1.165, 1.54) is 0 Å². The van der Waals surface area contributed by atoms with E-state index in [2.05, 4.69) is 6.92 Å². The number of carbonyl (C=O) groups is 3. The number of Topliss-reactive ketones (excluding diaryl/α,β-unsaturated/α-hetero) is 2. The largest absolute Gasteiger partial charge is 0.335 e. The van der Waals surface area contributed by atoms with Gasteiger partial charge in [0.15, 0.2) is 10.9 Å². The highest BCUT2D eigenvalue weighted by Crippen LogP contribution is 2.25. The minimum absolute atomic E-state index is 0.00207. The molecule has 0 aromatic rings. The van der Waals surface area contributed by atoms with E-state index in [1.807, 2.05) is 0 Å². The van der Waals surface area contributed by atoms with Gasteiger partial charge in [0.1, 0.15) is 5.78 Å². The van der Waals surface area contributed by atoms with Gasteiger partial charge < -0.3 is 6.92 Å². The zero-order valence-corrected chi connectivity index (χ0v) is 7.36. The molecule has 0 spiro atoms. The molecular weight excluding hydrogens is 176 g/mol. The Kier molecular flexibility index (Phi) is 3.03. The van der Waals surface area contributed by atoms with Crippen LogP contribution in [-0.4, -0.2) is 21.9 Å². The van der Waals surface area contributed by atoms with Crippen LogP contribution in [0.1, 0.15) is 19.3 Å². The monoisotopic (exact) mass is 185 g/mol. The molecule has 0 saturated heterocycles. The third kappa shape index (κ3) is 2.17. The summed E-state index contributed by atoms with van der Waals surface area (Å²) in [6.07, 6.45) is 0.389. The number of ketones is 2. The van der Waals surface area contributed by atoms with Gasteiger partial charge >= 0.3 is 0 Å². The Labute approximate surface area is 74.9 Å². The minimum atomic E-state index is -0.424. The molecule has 0 aromatic carbocycles. The molecule has 0 aromatic heterocycles. The van der Waals surface area contributed by atoms with E-state index in [-0.39, 0.29) is 35.9 Å². The van der Waals surface area contributed by atoms with Crippen LogP contribution < -0.4 is 0 Å². The lowest BCUT2D eigenvalue weighted by Crippen LogP contribution is -2.11. The second-order valence-electron chi connectivity index (χ2n) is 2.61. The Morgan fingerprint density at radius 1 is 1.58 bits per heavy atom. The lowest BCUT2D eigenvalue weighted by molar-refractivity contribution is -0.121. The lowest BCUT2D eigenvalue weighted by Gasteiger charge is -2.04. The standard InChI is InChI=1S/C8H9O3S/c1-2-8(11)12-7-4-5(9)3-6(7)10/h7H,1-4H2/q-1. The third-order valence-electron chi connectivity index (χ3n) is 1.62. The second kappa shape index (κ2) is 3.85. The predicted octanol–water partition coefficient (Wildman–Crippen LogP) is 0.771. The highest BCUT2D eigenvalue weighted by Gasteiger charge is 2.32. The van der Waals surface area contributed by atoms with Gasteiger partial charge in [0.2, 0.25) is 0 Å². The Hall–Kier alpha value is -0.640. The molecule has 1 unspecified atom stereocenters. The molecule has 66 valence electrons. The van der Waals surface area contributed by atoms with Crippen molar-refractivity contribution in [2.75, 3.05) is 0 Å². The molecule has 0 radical (unpaired) electrons. The lowest BCUT2D eigenvalue weighted by atomic mass is 10.3. The highest BCUT2D eigenvalue weighted by molar-refractivity contribution is 8.14. The zero-order chi connectivity index (χ0) is 9.14. The number of carbonyl (C=O) groups excluding carboxylic acids is 3. The molecule has 0 aliphatic heterocycles. The van der Waals surface area contributed by atoms with E-state index >= 15 is 0 Å². The van der Waals surface area contributed by atoms with Gasteiger partial charge in [-0.2, -0.15) is 0 Å². The van der Waals surface area contributed by atoms with Crippen molar-refractivity contribution in [1.29, 1.82) is 0 Å². The van der Waals surface area contributed by atoms with E-state index in [9.17, 15) is 14.4 Å². The number of rotatable bonds is 2. The molecular formula is C8H9O3S-. The first-order valence-electron chi connectivity index (χ1n) is 3.66. The summed E-state index contributed by atoms with van der Waals surface area (Å²) in [4.78, 5) is 32.7. The van der Waals surface area contributed by atoms with Gasteiger partial charge in [-0.15, -0.1) is 6.42 Å². The van der Waals surface area contributed by atoms with Gasteiger partial charge in [0.25, 0.3) is 0 Å². The molecule has 0 bridgehead atoms. The maximum atomic E-state index is 11.0. The fourth-order valence-electron chi connectivity index (χ4n) is 1.03. The van der Waals surface area contributed by atoms with E-state index in [0.717, 1.165) is 11.8 Å². The van der Waals surface area contributed by atoms with Crippen molar-refractivity contribution in [2.45, 2.75) is 24.5 Å². The quantitative estimate of drug-likeness (QED) is 0.471. The first-order chi connectivity index (χ1) is 5.63. The average molecular weight is 185 g/mol. The van der Waals surface area contributed by atoms with Crippen LogP contribution in [0.5, 0.6) is 0 Å². The number of hydrogen-bond acceptors (Lipinski definition) is 4. The molecule has 1 rings (SSSR count). The van der Waals surface area contributed by atoms with Crippen LogP contribution in [0.2, 0.25) is 0 Å².